The predicted molar refractivity (Wildman–Crippen MR) is 96.3 cm³/mol. The zero-order valence-corrected chi connectivity index (χ0v) is 15.1. The van der Waals surface area contributed by atoms with Gasteiger partial charge in [-0.05, 0) is 30.3 Å². The molecule has 6 nitrogen and oxygen atoms in total. The van der Waals surface area contributed by atoms with Crippen molar-refractivity contribution in [2.75, 3.05) is 16.4 Å². The average molecular weight is 383 g/mol. The van der Waals surface area contributed by atoms with Gasteiger partial charge in [-0.3, -0.25) is 9.59 Å². The second kappa shape index (κ2) is 8.77. The Balaban J connectivity index is 1.85. The summed E-state index contributed by atoms with van der Waals surface area (Å²) in [6.45, 7) is 3.56. The van der Waals surface area contributed by atoms with Gasteiger partial charge in [0.1, 0.15) is 10.8 Å². The third-order valence-electron chi connectivity index (χ3n) is 2.97. The number of benzene rings is 1. The molecule has 0 saturated carbocycles. The molecule has 0 radical (unpaired) electrons. The lowest BCUT2D eigenvalue weighted by Crippen LogP contribution is -2.18. The van der Waals surface area contributed by atoms with Crippen LogP contribution >= 0.6 is 23.4 Å². The van der Waals surface area contributed by atoms with Crippen LogP contribution in [0.4, 0.5) is 15.9 Å². The highest BCUT2D eigenvalue weighted by Crippen LogP contribution is 2.20. The maximum atomic E-state index is 13.1. The minimum Gasteiger partial charge on any atom is -0.325 e. The molecule has 0 bridgehead atoms. The first-order chi connectivity index (χ1) is 11.8. The number of halogens is 2. The van der Waals surface area contributed by atoms with E-state index in [1.54, 1.807) is 26.0 Å². The van der Waals surface area contributed by atoms with Crippen LogP contribution < -0.4 is 10.6 Å². The number of thioether (sulfide) groups is 1. The highest BCUT2D eigenvalue weighted by Gasteiger charge is 2.10. The van der Waals surface area contributed by atoms with Crippen LogP contribution in [0.2, 0.25) is 5.02 Å². The number of nitrogens with zero attached hydrogens (tertiary/aromatic N) is 2. The minimum absolute atomic E-state index is 0.0599. The largest absolute Gasteiger partial charge is 0.325 e. The van der Waals surface area contributed by atoms with Crippen molar-refractivity contribution in [3.63, 3.8) is 0 Å². The molecule has 2 N–H and O–H groups in total. The SMILES string of the molecule is CC(C)C(=O)Nc1ccc(SCC(=O)Nc2ccc(F)c(Cl)c2)nn1. The monoisotopic (exact) mass is 382 g/mol. The molecule has 1 aromatic carbocycles. The number of carbonyl (C=O) groups excluding carboxylic acids is 2. The zero-order valence-electron chi connectivity index (χ0n) is 13.5. The van der Waals surface area contributed by atoms with Gasteiger partial charge in [-0.2, -0.15) is 0 Å². The Morgan fingerprint density at radius 2 is 1.96 bits per heavy atom. The third-order valence-corrected chi connectivity index (χ3v) is 4.18. The number of rotatable bonds is 6. The molecule has 0 spiro atoms. The number of amides is 2. The van der Waals surface area contributed by atoms with Gasteiger partial charge in [0.15, 0.2) is 5.82 Å². The minimum atomic E-state index is -0.547. The van der Waals surface area contributed by atoms with Crippen molar-refractivity contribution < 1.29 is 14.0 Å². The number of aromatic nitrogens is 2. The summed E-state index contributed by atoms with van der Waals surface area (Å²) >= 11 is 6.84. The molecule has 2 rings (SSSR count). The maximum absolute atomic E-state index is 13.1. The molecule has 9 heteroatoms. The normalized spacial score (nSPS) is 10.6. The summed E-state index contributed by atoms with van der Waals surface area (Å²) in [5, 5.41) is 13.6. The van der Waals surface area contributed by atoms with Crippen molar-refractivity contribution in [2.45, 2.75) is 18.9 Å². The number of hydrogen-bond donors (Lipinski definition) is 2. The molecule has 0 atom stereocenters. The van der Waals surface area contributed by atoms with E-state index in [0.29, 0.717) is 16.5 Å². The Morgan fingerprint density at radius 3 is 2.56 bits per heavy atom. The molecule has 1 aromatic heterocycles. The van der Waals surface area contributed by atoms with Crippen LogP contribution in [0.1, 0.15) is 13.8 Å². The molecule has 2 aromatic rings. The molecule has 2 amide bonds. The summed E-state index contributed by atoms with van der Waals surface area (Å²) in [5.74, 6) is -0.679. The summed E-state index contributed by atoms with van der Waals surface area (Å²) in [6.07, 6.45) is 0. The van der Waals surface area contributed by atoms with Crippen LogP contribution in [0.15, 0.2) is 35.4 Å². The van der Waals surface area contributed by atoms with Gasteiger partial charge in [0, 0.05) is 11.6 Å². The van der Waals surface area contributed by atoms with Gasteiger partial charge >= 0.3 is 0 Å². The van der Waals surface area contributed by atoms with Crippen molar-refractivity contribution >= 4 is 46.7 Å². The number of nitrogens with one attached hydrogen (secondary N) is 2. The molecule has 0 aliphatic heterocycles. The van der Waals surface area contributed by atoms with Crippen molar-refractivity contribution in [1.82, 2.24) is 10.2 Å². The van der Waals surface area contributed by atoms with Crippen molar-refractivity contribution in [2.24, 2.45) is 5.92 Å². The quantitative estimate of drug-likeness (QED) is 0.746. The van der Waals surface area contributed by atoms with Crippen molar-refractivity contribution in [3.05, 3.63) is 41.2 Å². The molecule has 0 fully saturated rings. The maximum Gasteiger partial charge on any atom is 0.234 e. The van der Waals surface area contributed by atoms with E-state index in [9.17, 15) is 14.0 Å². The van der Waals surface area contributed by atoms with Crippen LogP contribution in [0, 0.1) is 11.7 Å². The molecule has 1 heterocycles. The Morgan fingerprint density at radius 1 is 1.20 bits per heavy atom. The van der Waals surface area contributed by atoms with Crippen LogP contribution in [-0.2, 0) is 9.59 Å². The number of anilines is 2. The summed E-state index contributed by atoms with van der Waals surface area (Å²) in [4.78, 5) is 23.5. The second-order valence-electron chi connectivity index (χ2n) is 5.37. The molecule has 0 aliphatic rings. The van der Waals surface area contributed by atoms with Crippen LogP contribution in [0.3, 0.4) is 0 Å². The van der Waals surface area contributed by atoms with E-state index in [0.717, 1.165) is 0 Å². The van der Waals surface area contributed by atoms with Crippen molar-refractivity contribution in [3.8, 4) is 0 Å². The van der Waals surface area contributed by atoms with Crippen LogP contribution in [0.25, 0.3) is 0 Å². The van der Waals surface area contributed by atoms with E-state index in [-0.39, 0.29) is 28.5 Å². The zero-order chi connectivity index (χ0) is 18.4. The van der Waals surface area contributed by atoms with Gasteiger partial charge in [-0.1, -0.05) is 37.2 Å². The highest BCUT2D eigenvalue weighted by molar-refractivity contribution is 7.99. The molecular weight excluding hydrogens is 367 g/mol. The van der Waals surface area contributed by atoms with Gasteiger partial charge in [-0.25, -0.2) is 4.39 Å². The molecule has 25 heavy (non-hydrogen) atoms. The number of carbonyl (C=O) groups is 2. The smallest absolute Gasteiger partial charge is 0.234 e. The van der Waals surface area contributed by atoms with E-state index < -0.39 is 5.82 Å². The summed E-state index contributed by atoms with van der Waals surface area (Å²) < 4.78 is 13.1. The lowest BCUT2D eigenvalue weighted by Gasteiger charge is -2.07. The molecule has 0 saturated heterocycles. The van der Waals surface area contributed by atoms with E-state index >= 15 is 0 Å². The Labute approximate surface area is 153 Å². The van der Waals surface area contributed by atoms with Gasteiger partial charge in [-0.15, -0.1) is 10.2 Å². The standard InChI is InChI=1S/C16H16ClFN4O2S/c1-9(2)16(24)20-13-5-6-15(22-21-13)25-8-14(23)19-10-3-4-12(18)11(17)7-10/h3-7,9H,8H2,1-2H3,(H,19,23)(H,20,21,24). The van der Waals surface area contributed by atoms with Crippen LogP contribution in [-0.4, -0.2) is 27.8 Å². The van der Waals surface area contributed by atoms with Gasteiger partial charge in [0.25, 0.3) is 0 Å². The second-order valence-corrected chi connectivity index (χ2v) is 6.77. The van der Waals surface area contributed by atoms with Crippen LogP contribution in [0.5, 0.6) is 0 Å². The highest BCUT2D eigenvalue weighted by atomic mass is 35.5. The fourth-order valence-corrected chi connectivity index (χ4v) is 2.44. The lowest BCUT2D eigenvalue weighted by atomic mass is 10.2. The van der Waals surface area contributed by atoms with Crippen molar-refractivity contribution in [1.29, 1.82) is 0 Å². The molecule has 0 unspecified atom stereocenters. The molecular formula is C16H16ClFN4O2S. The lowest BCUT2D eigenvalue weighted by molar-refractivity contribution is -0.119. The first-order valence-corrected chi connectivity index (χ1v) is 8.74. The van der Waals surface area contributed by atoms with E-state index in [4.69, 9.17) is 11.6 Å². The fraction of sp³-hybridized carbons (Fsp3) is 0.250. The number of hydrogen-bond acceptors (Lipinski definition) is 5. The van der Waals surface area contributed by atoms with Gasteiger partial charge < -0.3 is 10.6 Å². The van der Waals surface area contributed by atoms with E-state index in [1.165, 1.54) is 30.0 Å². The Kier molecular flexibility index (Phi) is 6.72. The summed E-state index contributed by atoms with van der Waals surface area (Å²) in [5.41, 5.74) is 0.412. The molecule has 0 aliphatic carbocycles. The summed E-state index contributed by atoms with van der Waals surface area (Å²) in [6, 6.07) is 7.23. The Hall–Kier alpha value is -2.19. The third kappa shape index (κ3) is 5.99. The van der Waals surface area contributed by atoms with Gasteiger partial charge in [0.2, 0.25) is 11.8 Å². The summed E-state index contributed by atoms with van der Waals surface area (Å²) in [7, 11) is 0. The topological polar surface area (TPSA) is 84.0 Å². The molecule has 132 valence electrons. The van der Waals surface area contributed by atoms with E-state index in [1.807, 2.05) is 0 Å². The van der Waals surface area contributed by atoms with E-state index in [2.05, 4.69) is 20.8 Å². The average Bonchev–Trinajstić information content (AvgIpc) is 2.57. The van der Waals surface area contributed by atoms with Gasteiger partial charge in [0.05, 0.1) is 10.8 Å². The predicted octanol–water partition coefficient (Wildman–Crippen LogP) is 3.59. The first kappa shape index (κ1) is 19.1. The Bertz CT molecular complexity index is 771. The first-order valence-electron chi connectivity index (χ1n) is 7.37. The fourth-order valence-electron chi connectivity index (χ4n) is 1.64.